The van der Waals surface area contributed by atoms with E-state index in [9.17, 15) is 18.0 Å². The van der Waals surface area contributed by atoms with Crippen molar-refractivity contribution in [1.29, 1.82) is 0 Å². The number of alkyl halides is 3. The minimum atomic E-state index is -4.47. The Morgan fingerprint density at radius 3 is 2.75 bits per heavy atom. The average Bonchev–Trinajstić information content (AvgIpc) is 2.75. The molecule has 134 valence electrons. The zero-order valence-electron chi connectivity index (χ0n) is 13.7. The molecule has 1 fully saturated rings. The van der Waals surface area contributed by atoms with E-state index in [4.69, 9.17) is 4.74 Å². The monoisotopic (exact) mass is 344 g/mol. The summed E-state index contributed by atoms with van der Waals surface area (Å²) in [6, 6.07) is 6.42. The summed E-state index contributed by atoms with van der Waals surface area (Å²) in [6.45, 7) is 3.03. The maximum atomic E-state index is 13.2. The molecule has 1 saturated heterocycles. The van der Waals surface area contributed by atoms with Crippen molar-refractivity contribution in [2.45, 2.75) is 44.5 Å². The number of benzene rings is 1. The molecule has 0 unspecified atom stereocenters. The van der Waals surface area contributed by atoms with Crippen molar-refractivity contribution >= 4 is 6.03 Å². The Balaban J connectivity index is 1.96. The van der Waals surface area contributed by atoms with Crippen LogP contribution in [0.25, 0.3) is 0 Å². The van der Waals surface area contributed by atoms with Gasteiger partial charge < -0.3 is 15.0 Å². The number of halogens is 3. The number of carbonyl (C=O) groups excluding carboxylic acids is 1. The van der Waals surface area contributed by atoms with E-state index < -0.39 is 18.2 Å². The molecule has 0 aliphatic carbocycles. The topological polar surface area (TPSA) is 41.6 Å². The summed E-state index contributed by atoms with van der Waals surface area (Å²) in [7, 11) is 0. The summed E-state index contributed by atoms with van der Waals surface area (Å²) < 4.78 is 45.2. The van der Waals surface area contributed by atoms with Crippen molar-refractivity contribution in [3.8, 4) is 0 Å². The van der Waals surface area contributed by atoms with Crippen LogP contribution in [0, 0.1) is 0 Å². The molecule has 1 aromatic carbocycles. The van der Waals surface area contributed by atoms with Crippen molar-refractivity contribution in [1.82, 2.24) is 10.2 Å². The van der Waals surface area contributed by atoms with Gasteiger partial charge in [0.25, 0.3) is 0 Å². The van der Waals surface area contributed by atoms with Gasteiger partial charge in [-0.15, -0.1) is 0 Å². The van der Waals surface area contributed by atoms with Crippen molar-refractivity contribution in [3.63, 3.8) is 0 Å². The molecule has 1 aromatic rings. The van der Waals surface area contributed by atoms with E-state index in [1.807, 2.05) is 13.0 Å². The number of rotatable bonds is 4. The second-order valence-electron chi connectivity index (χ2n) is 6.05. The van der Waals surface area contributed by atoms with Crippen LogP contribution in [0.2, 0.25) is 0 Å². The van der Waals surface area contributed by atoms with Crippen LogP contribution >= 0.6 is 0 Å². The molecule has 0 spiro atoms. The molecule has 1 heterocycles. The van der Waals surface area contributed by atoms with Crippen LogP contribution in [-0.2, 0) is 11.2 Å². The van der Waals surface area contributed by atoms with Crippen molar-refractivity contribution < 1.29 is 22.7 Å². The molecule has 24 heavy (non-hydrogen) atoms. The van der Waals surface area contributed by atoms with Gasteiger partial charge in [0.2, 0.25) is 0 Å². The molecule has 4 nitrogen and oxygen atoms in total. The van der Waals surface area contributed by atoms with Gasteiger partial charge in [-0.05, 0) is 31.7 Å². The van der Waals surface area contributed by atoms with Crippen molar-refractivity contribution in [3.05, 3.63) is 35.9 Å². The fourth-order valence-electron chi connectivity index (χ4n) is 2.69. The maximum absolute atomic E-state index is 13.2. The minimum Gasteiger partial charge on any atom is -0.377 e. The number of nitrogens with one attached hydrogen (secondary N) is 1. The molecular formula is C17H23F3N2O2. The highest BCUT2D eigenvalue weighted by molar-refractivity contribution is 5.74. The molecule has 0 radical (unpaired) electrons. The van der Waals surface area contributed by atoms with Crippen LogP contribution < -0.4 is 5.32 Å². The standard InChI is InChI=1S/C17H23F3N2O2/c1-13-12-22(10-5-11-24-13)16(23)21-15(17(18,19)20)9-8-14-6-3-2-4-7-14/h2-4,6-7,13,15H,5,8-12H2,1H3,(H,21,23)/t13-,15-/m1/s1. The van der Waals surface area contributed by atoms with Crippen LogP contribution in [0.1, 0.15) is 25.3 Å². The third kappa shape index (κ3) is 5.70. The van der Waals surface area contributed by atoms with Gasteiger partial charge in [0.1, 0.15) is 6.04 Å². The Morgan fingerprint density at radius 2 is 2.08 bits per heavy atom. The Kier molecular flexibility index (Phi) is 6.48. The lowest BCUT2D eigenvalue weighted by molar-refractivity contribution is -0.154. The predicted molar refractivity (Wildman–Crippen MR) is 84.7 cm³/mol. The quantitative estimate of drug-likeness (QED) is 0.910. The number of carbonyl (C=O) groups is 1. The Hall–Kier alpha value is -1.76. The largest absolute Gasteiger partial charge is 0.408 e. The van der Waals surface area contributed by atoms with Crippen molar-refractivity contribution in [2.24, 2.45) is 0 Å². The second kappa shape index (κ2) is 8.37. The van der Waals surface area contributed by atoms with E-state index in [-0.39, 0.29) is 18.9 Å². The Morgan fingerprint density at radius 1 is 1.38 bits per heavy atom. The van der Waals surface area contributed by atoms with Gasteiger partial charge >= 0.3 is 12.2 Å². The van der Waals surface area contributed by atoms with Crippen LogP contribution in [0.5, 0.6) is 0 Å². The highest BCUT2D eigenvalue weighted by Gasteiger charge is 2.41. The number of nitrogens with zero attached hydrogens (tertiary/aromatic N) is 1. The SMILES string of the molecule is C[C@@H]1CN(C(=O)N[C@H](CCc2ccccc2)C(F)(F)F)CCCO1. The van der Waals surface area contributed by atoms with Gasteiger partial charge in [-0.3, -0.25) is 0 Å². The van der Waals surface area contributed by atoms with E-state index in [2.05, 4.69) is 5.32 Å². The number of aryl methyl sites for hydroxylation is 1. The van der Waals surface area contributed by atoms with Crippen LogP contribution in [0.4, 0.5) is 18.0 Å². The molecule has 1 aliphatic rings. The van der Waals surface area contributed by atoms with Gasteiger partial charge in [0.05, 0.1) is 6.10 Å². The summed E-state index contributed by atoms with van der Waals surface area (Å²) in [5, 5.41) is 2.15. The number of hydrogen-bond donors (Lipinski definition) is 1. The summed E-state index contributed by atoms with van der Waals surface area (Å²) in [4.78, 5) is 13.6. The molecule has 2 rings (SSSR count). The number of urea groups is 1. The Bertz CT molecular complexity index is 522. The van der Waals surface area contributed by atoms with E-state index in [0.717, 1.165) is 5.56 Å². The average molecular weight is 344 g/mol. The van der Waals surface area contributed by atoms with Gasteiger partial charge in [0.15, 0.2) is 0 Å². The molecular weight excluding hydrogens is 321 g/mol. The minimum absolute atomic E-state index is 0.174. The summed E-state index contributed by atoms with van der Waals surface area (Å²) >= 11 is 0. The fourth-order valence-corrected chi connectivity index (χ4v) is 2.69. The van der Waals surface area contributed by atoms with Gasteiger partial charge in [0, 0.05) is 19.7 Å². The van der Waals surface area contributed by atoms with E-state index >= 15 is 0 Å². The molecule has 7 heteroatoms. The second-order valence-corrected chi connectivity index (χ2v) is 6.05. The smallest absolute Gasteiger partial charge is 0.377 e. The van der Waals surface area contributed by atoms with E-state index in [1.54, 1.807) is 24.3 Å². The molecule has 0 saturated carbocycles. The summed E-state index contributed by atoms with van der Waals surface area (Å²) in [6.07, 6.45) is -3.95. The third-order valence-corrected chi connectivity index (χ3v) is 4.00. The zero-order valence-corrected chi connectivity index (χ0v) is 13.7. The van der Waals surface area contributed by atoms with Gasteiger partial charge in [-0.2, -0.15) is 13.2 Å². The molecule has 2 amide bonds. The summed E-state index contributed by atoms with van der Waals surface area (Å²) in [5.41, 5.74) is 0.817. The highest BCUT2D eigenvalue weighted by Crippen LogP contribution is 2.24. The fraction of sp³-hybridized carbons (Fsp3) is 0.588. The normalized spacial score (nSPS) is 20.3. The first-order valence-corrected chi connectivity index (χ1v) is 8.14. The molecule has 1 N–H and O–H groups in total. The first-order valence-electron chi connectivity index (χ1n) is 8.14. The maximum Gasteiger partial charge on any atom is 0.408 e. The van der Waals surface area contributed by atoms with Gasteiger partial charge in [-0.1, -0.05) is 30.3 Å². The number of hydrogen-bond acceptors (Lipinski definition) is 2. The first kappa shape index (κ1) is 18.6. The van der Waals surface area contributed by atoms with E-state index in [0.29, 0.717) is 26.1 Å². The van der Waals surface area contributed by atoms with E-state index in [1.165, 1.54) is 4.90 Å². The number of amides is 2. The summed E-state index contributed by atoms with van der Waals surface area (Å²) in [5.74, 6) is 0. The third-order valence-electron chi connectivity index (χ3n) is 4.00. The highest BCUT2D eigenvalue weighted by atomic mass is 19.4. The lowest BCUT2D eigenvalue weighted by Crippen LogP contribution is -2.52. The lowest BCUT2D eigenvalue weighted by atomic mass is 10.1. The molecule has 0 bridgehead atoms. The van der Waals surface area contributed by atoms with Crippen LogP contribution in [0.15, 0.2) is 30.3 Å². The predicted octanol–water partition coefficient (Wildman–Crippen LogP) is 3.37. The van der Waals surface area contributed by atoms with Gasteiger partial charge in [-0.25, -0.2) is 4.79 Å². The molecule has 0 aromatic heterocycles. The molecule has 1 aliphatic heterocycles. The van der Waals surface area contributed by atoms with Crippen LogP contribution in [-0.4, -0.2) is 48.9 Å². The van der Waals surface area contributed by atoms with Crippen molar-refractivity contribution in [2.75, 3.05) is 19.7 Å². The first-order chi connectivity index (χ1) is 11.4. The Labute approximate surface area is 140 Å². The van der Waals surface area contributed by atoms with Crippen LogP contribution in [0.3, 0.4) is 0 Å². The zero-order chi connectivity index (χ0) is 17.6. The number of ether oxygens (including phenoxy) is 1. The molecule has 2 atom stereocenters. The lowest BCUT2D eigenvalue weighted by Gasteiger charge is -2.27.